The van der Waals surface area contributed by atoms with Crippen molar-refractivity contribution in [2.75, 3.05) is 12.3 Å². The van der Waals surface area contributed by atoms with Gasteiger partial charge in [-0.1, -0.05) is 26.2 Å². The van der Waals surface area contributed by atoms with Gasteiger partial charge in [0.25, 0.3) is 0 Å². The molecule has 1 aromatic rings. The number of hydrogen-bond donors (Lipinski definition) is 2. The van der Waals surface area contributed by atoms with Gasteiger partial charge in [0.05, 0.1) is 5.56 Å². The van der Waals surface area contributed by atoms with Gasteiger partial charge in [-0.05, 0) is 56.5 Å². The van der Waals surface area contributed by atoms with Gasteiger partial charge in [-0.25, -0.2) is 4.79 Å². The largest absolute Gasteiger partial charge is 0.457 e. The topological polar surface area (TPSA) is 64.3 Å². The van der Waals surface area contributed by atoms with Crippen molar-refractivity contribution in [1.82, 2.24) is 5.32 Å². The number of carbonyl (C=O) groups is 1. The minimum atomic E-state index is -0.272. The lowest BCUT2D eigenvalue weighted by Gasteiger charge is -2.34. The molecule has 0 saturated heterocycles. The summed E-state index contributed by atoms with van der Waals surface area (Å²) in [6.07, 6.45) is 6.21. The molecule has 1 fully saturated rings. The first-order valence-corrected chi connectivity index (χ1v) is 8.41. The molecule has 0 aromatic heterocycles. The maximum atomic E-state index is 12.3. The fraction of sp³-hybridized carbons (Fsp3) is 0.611. The molecular weight excluding hydrogens is 276 g/mol. The third-order valence-electron chi connectivity index (χ3n) is 4.54. The van der Waals surface area contributed by atoms with Crippen molar-refractivity contribution in [2.45, 2.75) is 58.1 Å². The zero-order chi connectivity index (χ0) is 15.9. The standard InChI is InChI=1S/C18H28N2O2/c1-3-20-17(14-7-5-4-6-8-14)13(2)22-18(21)15-9-11-16(19)12-10-15/h9-14,17,20H,3-8,19H2,1-2H3/t13-,17-/m0/s1. The van der Waals surface area contributed by atoms with Crippen LogP contribution in [-0.2, 0) is 4.74 Å². The Bertz CT molecular complexity index is 466. The number of rotatable bonds is 6. The van der Waals surface area contributed by atoms with Crippen LogP contribution >= 0.6 is 0 Å². The molecule has 2 rings (SSSR count). The van der Waals surface area contributed by atoms with E-state index in [9.17, 15) is 4.79 Å². The van der Waals surface area contributed by atoms with E-state index >= 15 is 0 Å². The van der Waals surface area contributed by atoms with Crippen LogP contribution in [0.4, 0.5) is 5.69 Å². The molecule has 0 spiro atoms. The summed E-state index contributed by atoms with van der Waals surface area (Å²) in [5, 5.41) is 3.52. The number of nitrogen functional groups attached to an aromatic ring is 1. The zero-order valence-electron chi connectivity index (χ0n) is 13.7. The average Bonchev–Trinajstić information content (AvgIpc) is 2.53. The predicted octanol–water partition coefficient (Wildman–Crippen LogP) is 3.37. The summed E-state index contributed by atoms with van der Waals surface area (Å²) in [7, 11) is 0. The Morgan fingerprint density at radius 1 is 1.27 bits per heavy atom. The quantitative estimate of drug-likeness (QED) is 0.625. The zero-order valence-corrected chi connectivity index (χ0v) is 13.7. The van der Waals surface area contributed by atoms with E-state index in [0.717, 1.165) is 6.54 Å². The highest BCUT2D eigenvalue weighted by Gasteiger charge is 2.29. The second kappa shape index (κ2) is 8.18. The van der Waals surface area contributed by atoms with E-state index in [-0.39, 0.29) is 18.1 Å². The van der Waals surface area contributed by atoms with Crippen molar-refractivity contribution in [3.05, 3.63) is 29.8 Å². The van der Waals surface area contributed by atoms with Gasteiger partial charge in [0.2, 0.25) is 0 Å². The number of esters is 1. The highest BCUT2D eigenvalue weighted by molar-refractivity contribution is 5.89. The lowest BCUT2D eigenvalue weighted by Crippen LogP contribution is -2.46. The van der Waals surface area contributed by atoms with Gasteiger partial charge < -0.3 is 15.8 Å². The number of carbonyl (C=O) groups excluding carboxylic acids is 1. The van der Waals surface area contributed by atoms with Crippen molar-refractivity contribution in [1.29, 1.82) is 0 Å². The Balaban J connectivity index is 1.98. The van der Waals surface area contributed by atoms with E-state index in [1.54, 1.807) is 24.3 Å². The minimum absolute atomic E-state index is 0.131. The second-order valence-corrected chi connectivity index (χ2v) is 6.21. The van der Waals surface area contributed by atoms with E-state index in [1.165, 1.54) is 32.1 Å². The van der Waals surface area contributed by atoms with Crippen LogP contribution in [0, 0.1) is 5.92 Å². The summed E-state index contributed by atoms with van der Waals surface area (Å²) in [5.41, 5.74) is 6.86. The first-order chi connectivity index (χ1) is 10.6. The lowest BCUT2D eigenvalue weighted by atomic mass is 9.82. The normalized spacial score (nSPS) is 18.6. The molecule has 4 nitrogen and oxygen atoms in total. The molecule has 1 aromatic carbocycles. The van der Waals surface area contributed by atoms with Gasteiger partial charge in [0.15, 0.2) is 0 Å². The van der Waals surface area contributed by atoms with Crippen LogP contribution in [0.2, 0.25) is 0 Å². The average molecular weight is 304 g/mol. The third-order valence-corrected chi connectivity index (χ3v) is 4.54. The van der Waals surface area contributed by atoms with Crippen molar-refractivity contribution in [2.24, 2.45) is 5.92 Å². The number of nitrogens with two attached hydrogens (primary N) is 1. The molecule has 1 aliphatic carbocycles. The van der Waals surface area contributed by atoms with Crippen LogP contribution < -0.4 is 11.1 Å². The molecule has 22 heavy (non-hydrogen) atoms. The second-order valence-electron chi connectivity index (χ2n) is 6.21. The van der Waals surface area contributed by atoms with Crippen LogP contribution in [0.25, 0.3) is 0 Å². The number of anilines is 1. The third kappa shape index (κ3) is 4.47. The maximum Gasteiger partial charge on any atom is 0.338 e. The summed E-state index contributed by atoms with van der Waals surface area (Å²) in [6, 6.07) is 7.12. The van der Waals surface area contributed by atoms with Gasteiger partial charge in [0.1, 0.15) is 6.10 Å². The Hall–Kier alpha value is -1.55. The molecule has 1 saturated carbocycles. The molecule has 1 aliphatic rings. The van der Waals surface area contributed by atoms with Crippen LogP contribution in [0.1, 0.15) is 56.3 Å². The summed E-state index contributed by atoms with van der Waals surface area (Å²) in [4.78, 5) is 12.3. The summed E-state index contributed by atoms with van der Waals surface area (Å²) in [5.74, 6) is 0.328. The molecule has 0 heterocycles. The molecule has 2 atom stereocenters. The van der Waals surface area contributed by atoms with Gasteiger partial charge in [-0.15, -0.1) is 0 Å². The summed E-state index contributed by atoms with van der Waals surface area (Å²) in [6.45, 7) is 4.99. The number of nitrogens with one attached hydrogen (secondary N) is 1. The Morgan fingerprint density at radius 2 is 1.91 bits per heavy atom. The fourth-order valence-corrected chi connectivity index (χ4v) is 3.37. The first-order valence-electron chi connectivity index (χ1n) is 8.41. The summed E-state index contributed by atoms with van der Waals surface area (Å²) >= 11 is 0. The van der Waals surface area contributed by atoms with E-state index in [2.05, 4.69) is 12.2 Å². The molecule has 3 N–H and O–H groups in total. The molecule has 0 unspecified atom stereocenters. The number of ether oxygens (including phenoxy) is 1. The van der Waals surface area contributed by atoms with Crippen LogP contribution in [0.15, 0.2) is 24.3 Å². The molecule has 122 valence electrons. The molecular formula is C18H28N2O2. The highest BCUT2D eigenvalue weighted by atomic mass is 16.5. The van der Waals surface area contributed by atoms with E-state index in [4.69, 9.17) is 10.5 Å². The van der Waals surface area contributed by atoms with Gasteiger partial charge in [0, 0.05) is 11.7 Å². The predicted molar refractivity (Wildman–Crippen MR) is 89.8 cm³/mol. The number of benzene rings is 1. The van der Waals surface area contributed by atoms with E-state index in [0.29, 0.717) is 17.2 Å². The van der Waals surface area contributed by atoms with Crippen LogP contribution in [0.5, 0.6) is 0 Å². The molecule has 0 aliphatic heterocycles. The first kappa shape index (κ1) is 16.8. The maximum absolute atomic E-state index is 12.3. The van der Waals surface area contributed by atoms with E-state index < -0.39 is 0 Å². The SMILES string of the molecule is CCN[C@H](C1CCCCC1)[C@H](C)OC(=O)c1ccc(N)cc1. The molecule has 0 amide bonds. The fourth-order valence-electron chi connectivity index (χ4n) is 3.37. The van der Waals surface area contributed by atoms with Gasteiger partial charge in [-0.3, -0.25) is 0 Å². The Kier molecular flexibility index (Phi) is 6.25. The highest BCUT2D eigenvalue weighted by Crippen LogP contribution is 2.28. The Morgan fingerprint density at radius 3 is 2.50 bits per heavy atom. The lowest BCUT2D eigenvalue weighted by molar-refractivity contribution is 0.0161. The van der Waals surface area contributed by atoms with Gasteiger partial charge >= 0.3 is 5.97 Å². The van der Waals surface area contributed by atoms with Crippen LogP contribution in [-0.4, -0.2) is 24.7 Å². The van der Waals surface area contributed by atoms with E-state index in [1.807, 2.05) is 6.92 Å². The number of hydrogen-bond acceptors (Lipinski definition) is 4. The van der Waals surface area contributed by atoms with Crippen LogP contribution in [0.3, 0.4) is 0 Å². The number of likely N-dealkylation sites (N-methyl/N-ethyl adjacent to an activating group) is 1. The minimum Gasteiger partial charge on any atom is -0.457 e. The monoisotopic (exact) mass is 304 g/mol. The smallest absolute Gasteiger partial charge is 0.338 e. The Labute approximate surface area is 133 Å². The summed E-state index contributed by atoms with van der Waals surface area (Å²) < 4.78 is 5.70. The molecule has 0 radical (unpaired) electrons. The van der Waals surface area contributed by atoms with Crippen molar-refractivity contribution in [3.8, 4) is 0 Å². The van der Waals surface area contributed by atoms with Crippen molar-refractivity contribution in [3.63, 3.8) is 0 Å². The van der Waals surface area contributed by atoms with Crippen molar-refractivity contribution < 1.29 is 9.53 Å². The van der Waals surface area contributed by atoms with Gasteiger partial charge in [-0.2, -0.15) is 0 Å². The van der Waals surface area contributed by atoms with Crippen molar-refractivity contribution >= 4 is 11.7 Å². The molecule has 4 heteroatoms. The molecule has 0 bridgehead atoms.